The summed E-state index contributed by atoms with van der Waals surface area (Å²) in [6, 6.07) is 11.9. The fourth-order valence-corrected chi connectivity index (χ4v) is 2.43. The molecule has 1 saturated heterocycles. The Morgan fingerprint density at radius 1 is 1.08 bits per heavy atom. The summed E-state index contributed by atoms with van der Waals surface area (Å²) in [7, 11) is 1.41. The number of para-hydroxylation sites is 1. The molecule has 2 aromatic carbocycles. The number of nitrogens with one attached hydrogen (secondary N) is 1. The molecule has 1 fully saturated rings. The van der Waals surface area contributed by atoms with E-state index < -0.39 is 17.8 Å². The molecule has 0 aromatic heterocycles. The Morgan fingerprint density at radius 3 is 2.44 bits per heavy atom. The fraction of sp³-hybridized carbons (Fsp3) is 0.0556. The van der Waals surface area contributed by atoms with Gasteiger partial charge in [0.1, 0.15) is 5.57 Å². The van der Waals surface area contributed by atoms with Crippen molar-refractivity contribution in [3.63, 3.8) is 0 Å². The average molecular weight is 338 g/mol. The van der Waals surface area contributed by atoms with E-state index in [0.717, 1.165) is 4.90 Å². The van der Waals surface area contributed by atoms with Crippen LogP contribution < -0.4 is 15.0 Å². The number of carbonyl (C=O) groups excluding carboxylic acids is 3. The predicted molar refractivity (Wildman–Crippen MR) is 90.1 cm³/mol. The van der Waals surface area contributed by atoms with Gasteiger partial charge in [-0.2, -0.15) is 0 Å². The van der Waals surface area contributed by atoms with E-state index in [0.29, 0.717) is 11.3 Å². The third-order valence-corrected chi connectivity index (χ3v) is 3.63. The molecule has 0 saturated carbocycles. The molecule has 1 heterocycles. The van der Waals surface area contributed by atoms with Crippen LogP contribution in [0.15, 0.2) is 54.1 Å². The Morgan fingerprint density at radius 2 is 1.80 bits per heavy atom. The zero-order valence-corrected chi connectivity index (χ0v) is 13.2. The van der Waals surface area contributed by atoms with E-state index in [9.17, 15) is 19.5 Å². The maximum absolute atomic E-state index is 12.6. The quantitative estimate of drug-likeness (QED) is 0.660. The number of aromatic hydroxyl groups is 1. The molecule has 0 bridgehead atoms. The van der Waals surface area contributed by atoms with Crippen molar-refractivity contribution in [1.82, 2.24) is 5.32 Å². The highest BCUT2D eigenvalue weighted by atomic mass is 16.5. The molecule has 3 rings (SSSR count). The van der Waals surface area contributed by atoms with Crippen LogP contribution >= 0.6 is 0 Å². The Hall–Kier alpha value is -3.61. The monoisotopic (exact) mass is 338 g/mol. The third kappa shape index (κ3) is 3.07. The first-order chi connectivity index (χ1) is 12.0. The molecule has 2 aromatic rings. The van der Waals surface area contributed by atoms with Crippen molar-refractivity contribution in [2.24, 2.45) is 0 Å². The van der Waals surface area contributed by atoms with Crippen LogP contribution in [0.3, 0.4) is 0 Å². The van der Waals surface area contributed by atoms with Gasteiger partial charge in [-0.15, -0.1) is 0 Å². The molecule has 126 valence electrons. The van der Waals surface area contributed by atoms with Gasteiger partial charge < -0.3 is 9.84 Å². The number of carbonyl (C=O) groups is 3. The Labute approximate surface area is 143 Å². The van der Waals surface area contributed by atoms with Gasteiger partial charge in [0.15, 0.2) is 11.5 Å². The number of methoxy groups -OCH3 is 1. The summed E-state index contributed by atoms with van der Waals surface area (Å²) >= 11 is 0. The minimum Gasteiger partial charge on any atom is -0.504 e. The zero-order valence-electron chi connectivity index (χ0n) is 13.2. The molecular weight excluding hydrogens is 324 g/mol. The number of phenolic OH excluding ortho intramolecular Hbond substituents is 1. The number of phenols is 1. The third-order valence-electron chi connectivity index (χ3n) is 3.63. The van der Waals surface area contributed by atoms with Crippen molar-refractivity contribution in [2.75, 3.05) is 12.0 Å². The number of benzene rings is 2. The number of ether oxygens (including phenoxy) is 1. The molecule has 2 N–H and O–H groups in total. The summed E-state index contributed by atoms with van der Waals surface area (Å²) in [6.07, 6.45) is 1.30. The molecule has 0 spiro atoms. The Bertz CT molecular complexity index is 890. The maximum Gasteiger partial charge on any atom is 0.335 e. The molecule has 7 nitrogen and oxygen atoms in total. The summed E-state index contributed by atoms with van der Waals surface area (Å²) in [5.41, 5.74) is 0.549. The van der Waals surface area contributed by atoms with Crippen molar-refractivity contribution >= 4 is 29.6 Å². The van der Waals surface area contributed by atoms with Gasteiger partial charge in [0, 0.05) is 0 Å². The number of amides is 4. The molecule has 4 amide bonds. The van der Waals surface area contributed by atoms with Gasteiger partial charge in [-0.05, 0) is 35.9 Å². The molecule has 0 unspecified atom stereocenters. The standard InChI is InChI=1S/C18H14N2O5/c1-25-15-8-7-11(10-14(15)21)9-13-16(22)19-18(24)20(17(13)23)12-5-3-2-4-6-12/h2-10,21H,1H3,(H,19,22,24). The number of urea groups is 1. The molecule has 1 aliphatic heterocycles. The molecule has 7 heteroatoms. The van der Waals surface area contributed by atoms with Crippen molar-refractivity contribution in [1.29, 1.82) is 0 Å². The van der Waals surface area contributed by atoms with E-state index in [1.807, 2.05) is 0 Å². The van der Waals surface area contributed by atoms with E-state index >= 15 is 0 Å². The molecule has 1 aliphatic rings. The van der Waals surface area contributed by atoms with Gasteiger partial charge in [0.05, 0.1) is 12.8 Å². The zero-order chi connectivity index (χ0) is 18.0. The highest BCUT2D eigenvalue weighted by molar-refractivity contribution is 6.39. The van der Waals surface area contributed by atoms with Gasteiger partial charge in [-0.25, -0.2) is 9.69 Å². The van der Waals surface area contributed by atoms with Gasteiger partial charge >= 0.3 is 6.03 Å². The largest absolute Gasteiger partial charge is 0.504 e. The van der Waals surface area contributed by atoms with Crippen LogP contribution in [0.2, 0.25) is 0 Å². The normalized spacial score (nSPS) is 16.1. The van der Waals surface area contributed by atoms with Crippen molar-refractivity contribution < 1.29 is 24.2 Å². The number of anilines is 1. The summed E-state index contributed by atoms with van der Waals surface area (Å²) in [5, 5.41) is 12.0. The van der Waals surface area contributed by atoms with Crippen LogP contribution in [0.25, 0.3) is 6.08 Å². The predicted octanol–water partition coefficient (Wildman–Crippen LogP) is 2.07. The summed E-state index contributed by atoms with van der Waals surface area (Å²) in [4.78, 5) is 37.6. The lowest BCUT2D eigenvalue weighted by molar-refractivity contribution is -0.122. The molecule has 0 atom stereocenters. The molecular formula is C18H14N2O5. The van der Waals surface area contributed by atoms with Crippen LogP contribution in [0.1, 0.15) is 5.56 Å². The second-order valence-corrected chi connectivity index (χ2v) is 5.22. The summed E-state index contributed by atoms with van der Waals surface area (Å²) < 4.78 is 4.95. The molecule has 0 aliphatic carbocycles. The van der Waals surface area contributed by atoms with Crippen LogP contribution in [0, 0.1) is 0 Å². The highest BCUT2D eigenvalue weighted by Gasteiger charge is 2.36. The Kier molecular flexibility index (Phi) is 4.21. The average Bonchev–Trinajstić information content (AvgIpc) is 2.59. The van der Waals surface area contributed by atoms with Crippen molar-refractivity contribution in [3.05, 3.63) is 59.7 Å². The smallest absolute Gasteiger partial charge is 0.335 e. The van der Waals surface area contributed by atoms with Gasteiger partial charge in [0.25, 0.3) is 11.8 Å². The van der Waals surface area contributed by atoms with Gasteiger partial charge in [0.2, 0.25) is 0 Å². The topological polar surface area (TPSA) is 95.9 Å². The maximum atomic E-state index is 12.6. The van der Waals surface area contributed by atoms with E-state index in [-0.39, 0.29) is 17.1 Å². The summed E-state index contributed by atoms with van der Waals surface area (Å²) in [6.45, 7) is 0. The first kappa shape index (κ1) is 16.3. The Balaban J connectivity index is 2.00. The first-order valence-corrected chi connectivity index (χ1v) is 7.35. The van der Waals surface area contributed by atoms with E-state index in [2.05, 4.69) is 5.32 Å². The number of nitrogens with zero attached hydrogens (tertiary/aromatic N) is 1. The molecule has 25 heavy (non-hydrogen) atoms. The SMILES string of the molecule is COc1ccc(C=C2C(=O)NC(=O)N(c3ccccc3)C2=O)cc1O. The number of hydrogen-bond donors (Lipinski definition) is 2. The van der Waals surface area contributed by atoms with E-state index in [1.54, 1.807) is 36.4 Å². The van der Waals surface area contributed by atoms with Crippen molar-refractivity contribution in [3.8, 4) is 11.5 Å². The van der Waals surface area contributed by atoms with Crippen LogP contribution in [-0.2, 0) is 9.59 Å². The second-order valence-electron chi connectivity index (χ2n) is 5.22. The van der Waals surface area contributed by atoms with Crippen LogP contribution in [0.5, 0.6) is 11.5 Å². The van der Waals surface area contributed by atoms with Crippen LogP contribution in [0.4, 0.5) is 10.5 Å². The fourth-order valence-electron chi connectivity index (χ4n) is 2.43. The summed E-state index contributed by atoms with van der Waals surface area (Å²) in [5.74, 6) is -1.40. The number of rotatable bonds is 3. The lowest BCUT2D eigenvalue weighted by Gasteiger charge is -2.26. The minimum absolute atomic E-state index is 0.128. The lowest BCUT2D eigenvalue weighted by atomic mass is 10.1. The van der Waals surface area contributed by atoms with Crippen LogP contribution in [-0.4, -0.2) is 30.1 Å². The molecule has 0 radical (unpaired) electrons. The number of imide groups is 2. The van der Waals surface area contributed by atoms with E-state index in [4.69, 9.17) is 4.74 Å². The van der Waals surface area contributed by atoms with Gasteiger partial charge in [-0.3, -0.25) is 14.9 Å². The highest BCUT2D eigenvalue weighted by Crippen LogP contribution is 2.28. The lowest BCUT2D eigenvalue weighted by Crippen LogP contribution is -2.54. The number of barbiturate groups is 1. The van der Waals surface area contributed by atoms with Gasteiger partial charge in [-0.1, -0.05) is 24.3 Å². The minimum atomic E-state index is -0.809. The van der Waals surface area contributed by atoms with E-state index in [1.165, 1.54) is 25.3 Å². The number of hydrogen-bond acceptors (Lipinski definition) is 5. The second kappa shape index (κ2) is 6.48. The van der Waals surface area contributed by atoms with Crippen molar-refractivity contribution in [2.45, 2.75) is 0 Å². The first-order valence-electron chi connectivity index (χ1n) is 7.35.